The van der Waals surface area contributed by atoms with Crippen molar-refractivity contribution < 1.29 is 4.43 Å². The Balaban J connectivity index is 2.32. The second-order valence-electron chi connectivity index (χ2n) is 9.83. The summed E-state index contributed by atoms with van der Waals surface area (Å²) in [4.78, 5) is 0. The maximum absolute atomic E-state index is 7.16. The van der Waals surface area contributed by atoms with Gasteiger partial charge in [0, 0.05) is 11.8 Å². The van der Waals surface area contributed by atoms with Crippen LogP contribution in [0, 0.1) is 17.3 Å². The van der Waals surface area contributed by atoms with E-state index in [1.165, 1.54) is 12.8 Å². The highest BCUT2D eigenvalue weighted by Crippen LogP contribution is 2.57. The van der Waals surface area contributed by atoms with E-state index in [0.717, 1.165) is 12.8 Å². The molecule has 0 aliphatic heterocycles. The molecule has 0 aromatic rings. The Labute approximate surface area is 139 Å². The van der Waals surface area contributed by atoms with Crippen LogP contribution >= 0.6 is 0 Å². The van der Waals surface area contributed by atoms with E-state index >= 15 is 0 Å². The van der Waals surface area contributed by atoms with Crippen molar-refractivity contribution in [2.24, 2.45) is 17.3 Å². The Hall–Kier alpha value is -0.343. The molecule has 22 heavy (non-hydrogen) atoms. The smallest absolute Gasteiger partial charge is 0.192 e. The lowest BCUT2D eigenvalue weighted by atomic mass is 9.73. The summed E-state index contributed by atoms with van der Waals surface area (Å²) in [5, 5.41) is 0.268. The van der Waals surface area contributed by atoms with E-state index in [1.807, 2.05) is 0 Å². The summed E-state index contributed by atoms with van der Waals surface area (Å²) in [7, 11) is -1.77. The molecule has 2 aliphatic rings. The van der Waals surface area contributed by atoms with Crippen LogP contribution in [0.15, 0.2) is 24.8 Å². The molecule has 2 bridgehead atoms. The predicted octanol–water partition coefficient (Wildman–Crippen LogP) is 6.34. The summed E-state index contributed by atoms with van der Waals surface area (Å²) in [5.41, 5.74) is 0.312. The second kappa shape index (κ2) is 5.63. The van der Waals surface area contributed by atoms with Gasteiger partial charge in [0.25, 0.3) is 0 Å². The molecule has 0 unspecified atom stereocenters. The summed E-state index contributed by atoms with van der Waals surface area (Å²) < 4.78 is 7.16. The molecule has 0 N–H and O–H groups in total. The first-order valence-corrected chi connectivity index (χ1v) is 11.8. The molecule has 1 saturated carbocycles. The highest BCUT2D eigenvalue weighted by Gasteiger charge is 2.57. The van der Waals surface area contributed by atoms with Gasteiger partial charge in [-0.1, -0.05) is 52.8 Å². The molecule has 0 heterocycles. The minimum absolute atomic E-state index is 0.0511. The van der Waals surface area contributed by atoms with Crippen molar-refractivity contribution in [1.29, 1.82) is 0 Å². The fourth-order valence-corrected chi connectivity index (χ4v) is 5.83. The molecular weight excluding hydrogens is 284 g/mol. The first-order chi connectivity index (χ1) is 9.94. The Morgan fingerprint density at radius 2 is 1.64 bits per heavy atom. The maximum atomic E-state index is 7.16. The van der Waals surface area contributed by atoms with Crippen molar-refractivity contribution in [1.82, 2.24) is 0 Å². The van der Waals surface area contributed by atoms with Gasteiger partial charge in [-0.25, -0.2) is 0 Å². The van der Waals surface area contributed by atoms with E-state index in [-0.39, 0.29) is 16.1 Å². The van der Waals surface area contributed by atoms with Crippen LogP contribution in [-0.2, 0) is 4.43 Å². The lowest BCUT2D eigenvalue weighted by Gasteiger charge is -2.49. The lowest BCUT2D eigenvalue weighted by molar-refractivity contribution is -0.0220. The normalized spacial score (nSPS) is 31.8. The summed E-state index contributed by atoms with van der Waals surface area (Å²) in [6.45, 7) is 20.6. The highest BCUT2D eigenvalue weighted by atomic mass is 28.4. The Morgan fingerprint density at radius 3 is 2.00 bits per heavy atom. The minimum atomic E-state index is -1.77. The molecular formula is C20H36OSi. The topological polar surface area (TPSA) is 9.23 Å². The molecule has 1 nitrogen and oxygen atoms in total. The highest BCUT2D eigenvalue weighted by molar-refractivity contribution is 6.74. The van der Waals surface area contributed by atoms with E-state index in [1.54, 1.807) is 0 Å². The third-order valence-corrected chi connectivity index (χ3v) is 10.8. The Morgan fingerprint density at radius 1 is 1.14 bits per heavy atom. The van der Waals surface area contributed by atoms with Crippen molar-refractivity contribution in [3.8, 4) is 0 Å². The fraction of sp³-hybridized carbons (Fsp3) is 0.800. The monoisotopic (exact) mass is 320 g/mol. The van der Waals surface area contributed by atoms with Crippen LogP contribution in [0.4, 0.5) is 0 Å². The molecule has 0 amide bonds. The van der Waals surface area contributed by atoms with Gasteiger partial charge in [0.1, 0.15) is 0 Å². The third-order valence-electron chi connectivity index (χ3n) is 6.32. The summed E-state index contributed by atoms with van der Waals surface area (Å²) in [5.74, 6) is 1.24. The summed E-state index contributed by atoms with van der Waals surface area (Å²) in [6.07, 6.45) is 11.8. The van der Waals surface area contributed by atoms with Gasteiger partial charge in [-0.2, -0.15) is 0 Å². The van der Waals surface area contributed by atoms with Gasteiger partial charge in [0.2, 0.25) is 0 Å². The Kier molecular flexibility index (Phi) is 4.61. The van der Waals surface area contributed by atoms with Crippen molar-refractivity contribution in [3.63, 3.8) is 0 Å². The van der Waals surface area contributed by atoms with E-state index in [9.17, 15) is 0 Å². The average molecular weight is 321 g/mol. The van der Waals surface area contributed by atoms with Gasteiger partial charge in [0.05, 0.1) is 5.60 Å². The zero-order valence-electron chi connectivity index (χ0n) is 15.8. The average Bonchev–Trinajstić information content (AvgIpc) is 2.80. The molecule has 2 atom stereocenters. The van der Waals surface area contributed by atoms with Crippen molar-refractivity contribution >= 4 is 8.32 Å². The van der Waals surface area contributed by atoms with Crippen LogP contribution < -0.4 is 0 Å². The van der Waals surface area contributed by atoms with E-state index in [4.69, 9.17) is 4.43 Å². The molecule has 2 rings (SSSR count). The predicted molar refractivity (Wildman–Crippen MR) is 99.6 cm³/mol. The molecule has 126 valence electrons. The van der Waals surface area contributed by atoms with Gasteiger partial charge in [-0.3, -0.25) is 0 Å². The molecule has 2 aliphatic carbocycles. The molecule has 1 fully saturated rings. The van der Waals surface area contributed by atoms with Crippen LogP contribution in [-0.4, -0.2) is 13.9 Å². The third kappa shape index (κ3) is 3.14. The molecule has 2 heteroatoms. The summed E-state index contributed by atoms with van der Waals surface area (Å²) >= 11 is 0. The molecule has 0 spiro atoms. The molecule has 0 aromatic heterocycles. The Bertz CT molecular complexity index is 439. The van der Waals surface area contributed by atoms with E-state index in [2.05, 4.69) is 72.5 Å². The van der Waals surface area contributed by atoms with Gasteiger partial charge in [-0.05, 0) is 49.2 Å². The van der Waals surface area contributed by atoms with Crippen LogP contribution in [0.25, 0.3) is 0 Å². The van der Waals surface area contributed by atoms with E-state index < -0.39 is 8.32 Å². The SMILES string of the molecule is C=CCC(C)(C)CC1(O[Si](C)(C)C(C)(C)C)[C@H]2C=C[C@H]1CC2. The number of rotatable bonds is 6. The van der Waals surface area contributed by atoms with Crippen LogP contribution in [0.1, 0.15) is 60.3 Å². The zero-order chi connectivity index (χ0) is 16.8. The van der Waals surface area contributed by atoms with Crippen LogP contribution in [0.5, 0.6) is 0 Å². The summed E-state index contributed by atoms with van der Waals surface area (Å²) in [6, 6.07) is 0. The van der Waals surface area contributed by atoms with Crippen LogP contribution in [0.2, 0.25) is 18.1 Å². The largest absolute Gasteiger partial charge is 0.410 e. The first kappa shape index (κ1) is 18.0. The fourth-order valence-electron chi connectivity index (χ4n) is 4.20. The van der Waals surface area contributed by atoms with Crippen molar-refractivity contribution in [3.05, 3.63) is 24.8 Å². The van der Waals surface area contributed by atoms with Crippen molar-refractivity contribution in [2.75, 3.05) is 0 Å². The zero-order valence-corrected chi connectivity index (χ0v) is 16.8. The van der Waals surface area contributed by atoms with Gasteiger partial charge < -0.3 is 4.43 Å². The van der Waals surface area contributed by atoms with Crippen LogP contribution in [0.3, 0.4) is 0 Å². The minimum Gasteiger partial charge on any atom is -0.410 e. The lowest BCUT2D eigenvalue weighted by Crippen LogP contribution is -2.54. The molecule has 0 saturated heterocycles. The quantitative estimate of drug-likeness (QED) is 0.410. The standard InChI is InChI=1S/C20H36OSi/c1-9-14-19(5,6)15-20(16-10-11-17(20)13-12-16)21-22(7,8)18(2,3)4/h9-11,16-17H,1,12-15H2,2-8H3/t16-,17-/m0/s1. The number of hydrogen-bond acceptors (Lipinski definition) is 1. The number of fused-ring (bicyclic) bond motifs is 2. The molecule has 0 aromatic carbocycles. The molecule has 0 radical (unpaired) electrons. The maximum Gasteiger partial charge on any atom is 0.192 e. The first-order valence-electron chi connectivity index (χ1n) is 8.93. The van der Waals surface area contributed by atoms with Gasteiger partial charge >= 0.3 is 0 Å². The van der Waals surface area contributed by atoms with Gasteiger partial charge in [-0.15, -0.1) is 6.58 Å². The second-order valence-corrected chi connectivity index (χ2v) is 14.6. The van der Waals surface area contributed by atoms with Crippen molar-refractivity contribution in [2.45, 2.75) is 84.0 Å². The van der Waals surface area contributed by atoms with E-state index in [0.29, 0.717) is 11.8 Å². The number of allylic oxidation sites excluding steroid dienone is 1. The number of hydrogen-bond donors (Lipinski definition) is 0. The van der Waals surface area contributed by atoms with Gasteiger partial charge in [0.15, 0.2) is 8.32 Å².